The van der Waals surface area contributed by atoms with Crippen LogP contribution in [0.5, 0.6) is 0 Å². The summed E-state index contributed by atoms with van der Waals surface area (Å²) in [6.45, 7) is 6.50. The molecule has 0 amide bonds. The minimum atomic E-state index is 0.183. The van der Waals surface area contributed by atoms with Gasteiger partial charge in [-0.2, -0.15) is 0 Å². The molecule has 0 aromatic carbocycles. The number of hydrogen-bond acceptors (Lipinski definition) is 3. The van der Waals surface area contributed by atoms with Gasteiger partial charge in [0, 0.05) is 26.1 Å². The van der Waals surface area contributed by atoms with E-state index < -0.39 is 0 Å². The van der Waals surface area contributed by atoms with Crippen LogP contribution in [0.15, 0.2) is 0 Å². The van der Waals surface area contributed by atoms with Crippen LogP contribution in [0.2, 0.25) is 0 Å². The first-order valence-corrected chi connectivity index (χ1v) is 6.39. The summed E-state index contributed by atoms with van der Waals surface area (Å²) < 4.78 is 10.8. The van der Waals surface area contributed by atoms with Gasteiger partial charge < -0.3 is 9.47 Å². The van der Waals surface area contributed by atoms with Crippen molar-refractivity contribution in [2.24, 2.45) is 5.92 Å². The first-order chi connectivity index (χ1) is 7.68. The molecule has 1 unspecified atom stereocenters. The molecule has 1 atom stereocenters. The van der Waals surface area contributed by atoms with Crippen molar-refractivity contribution in [3.05, 3.63) is 0 Å². The quantitative estimate of drug-likeness (QED) is 0.599. The van der Waals surface area contributed by atoms with Crippen LogP contribution in [0.3, 0.4) is 0 Å². The van der Waals surface area contributed by atoms with E-state index in [1.165, 1.54) is 0 Å². The summed E-state index contributed by atoms with van der Waals surface area (Å²) in [5.41, 5.74) is 0. The number of ether oxygens (including phenoxy) is 2. The highest BCUT2D eigenvalue weighted by Gasteiger charge is 2.18. The maximum Gasteiger partial charge on any atom is 0.137 e. The summed E-state index contributed by atoms with van der Waals surface area (Å²) in [5, 5.41) is 0. The van der Waals surface area contributed by atoms with Crippen LogP contribution in [0.25, 0.3) is 0 Å². The van der Waals surface area contributed by atoms with E-state index in [0.29, 0.717) is 25.4 Å². The minimum Gasteiger partial charge on any atom is -0.381 e. The summed E-state index contributed by atoms with van der Waals surface area (Å²) >= 11 is 0. The molecule has 0 N–H and O–H groups in total. The first-order valence-electron chi connectivity index (χ1n) is 6.39. The predicted molar refractivity (Wildman–Crippen MR) is 63.5 cm³/mol. The van der Waals surface area contributed by atoms with Crippen molar-refractivity contribution in [2.75, 3.05) is 19.8 Å². The summed E-state index contributed by atoms with van der Waals surface area (Å²) in [4.78, 5) is 11.5. The maximum atomic E-state index is 11.5. The van der Waals surface area contributed by atoms with E-state index in [-0.39, 0.29) is 11.9 Å². The summed E-state index contributed by atoms with van der Waals surface area (Å²) in [5.74, 6) is 0.944. The van der Waals surface area contributed by atoms with Gasteiger partial charge in [0.15, 0.2) is 0 Å². The van der Waals surface area contributed by atoms with Crippen molar-refractivity contribution in [3.63, 3.8) is 0 Å². The molecule has 0 aromatic heterocycles. The van der Waals surface area contributed by atoms with Gasteiger partial charge in [-0.05, 0) is 25.2 Å². The molecule has 3 nitrogen and oxygen atoms in total. The summed E-state index contributed by atoms with van der Waals surface area (Å²) in [6, 6.07) is 0. The average Bonchev–Trinajstić information content (AvgIpc) is 2.69. The Morgan fingerprint density at radius 1 is 1.44 bits per heavy atom. The van der Waals surface area contributed by atoms with Crippen LogP contribution in [-0.4, -0.2) is 31.7 Å². The molecule has 1 heterocycles. The second kappa shape index (κ2) is 7.80. The molecule has 94 valence electrons. The van der Waals surface area contributed by atoms with Gasteiger partial charge in [0.2, 0.25) is 0 Å². The Kier molecular flexibility index (Phi) is 6.65. The van der Waals surface area contributed by atoms with Gasteiger partial charge in [0.1, 0.15) is 5.78 Å². The number of hydrogen-bond donors (Lipinski definition) is 0. The molecular weight excluding hydrogens is 204 g/mol. The molecule has 0 bridgehead atoms. The molecule has 0 radical (unpaired) electrons. The topological polar surface area (TPSA) is 35.5 Å². The highest BCUT2D eigenvalue weighted by atomic mass is 16.5. The van der Waals surface area contributed by atoms with E-state index in [1.807, 2.05) is 0 Å². The Morgan fingerprint density at radius 2 is 2.25 bits per heavy atom. The molecule has 3 heteroatoms. The lowest BCUT2D eigenvalue weighted by atomic mass is 10.1. The maximum absolute atomic E-state index is 11.5. The lowest BCUT2D eigenvalue weighted by Crippen LogP contribution is -2.14. The lowest BCUT2D eigenvalue weighted by molar-refractivity contribution is -0.122. The lowest BCUT2D eigenvalue weighted by Gasteiger charge is -2.09. The van der Waals surface area contributed by atoms with Crippen LogP contribution in [0.4, 0.5) is 0 Å². The van der Waals surface area contributed by atoms with Crippen molar-refractivity contribution in [2.45, 2.75) is 52.1 Å². The van der Waals surface area contributed by atoms with Crippen molar-refractivity contribution in [1.82, 2.24) is 0 Å². The van der Waals surface area contributed by atoms with E-state index >= 15 is 0 Å². The van der Waals surface area contributed by atoms with Gasteiger partial charge in [0.25, 0.3) is 0 Å². The largest absolute Gasteiger partial charge is 0.381 e. The second-order valence-electron chi connectivity index (χ2n) is 4.92. The number of rotatable bonds is 8. The van der Waals surface area contributed by atoms with Gasteiger partial charge in [0.05, 0.1) is 12.7 Å². The molecule has 0 saturated carbocycles. The molecule has 1 aliphatic rings. The highest BCUT2D eigenvalue weighted by Crippen LogP contribution is 2.16. The fraction of sp³-hybridized carbons (Fsp3) is 0.923. The number of ketones is 1. The van der Waals surface area contributed by atoms with Crippen molar-refractivity contribution < 1.29 is 14.3 Å². The number of carbonyl (C=O) groups is 1. The fourth-order valence-electron chi connectivity index (χ4n) is 1.77. The molecular formula is C13H24O3. The van der Waals surface area contributed by atoms with Crippen LogP contribution < -0.4 is 0 Å². The summed E-state index contributed by atoms with van der Waals surface area (Å²) in [7, 11) is 0. The van der Waals surface area contributed by atoms with E-state index in [2.05, 4.69) is 13.8 Å². The molecule has 0 aliphatic carbocycles. The Labute approximate surface area is 98.5 Å². The highest BCUT2D eigenvalue weighted by molar-refractivity contribution is 5.78. The molecule has 1 fully saturated rings. The van der Waals surface area contributed by atoms with Crippen molar-refractivity contribution in [1.29, 1.82) is 0 Å². The molecule has 1 aliphatic heterocycles. The Balaban J connectivity index is 1.93. The van der Waals surface area contributed by atoms with E-state index in [1.54, 1.807) is 0 Å². The zero-order valence-electron chi connectivity index (χ0n) is 10.5. The number of carbonyl (C=O) groups excluding carboxylic acids is 1. The third kappa shape index (κ3) is 6.23. The smallest absolute Gasteiger partial charge is 0.137 e. The standard InChI is InChI=1S/C13H24O3/c1-11(2)5-8-15-9-6-12(14)10-13-4-3-7-16-13/h11,13H,3-10H2,1-2H3. The number of Topliss-reactive ketones (excluding diaryl/α,β-unsaturated/α-hetero) is 1. The second-order valence-corrected chi connectivity index (χ2v) is 4.92. The van der Waals surface area contributed by atoms with Crippen LogP contribution in [-0.2, 0) is 14.3 Å². The first kappa shape index (κ1) is 13.7. The predicted octanol–water partition coefficient (Wildman–Crippen LogP) is 2.58. The van der Waals surface area contributed by atoms with E-state index in [4.69, 9.17) is 9.47 Å². The van der Waals surface area contributed by atoms with Crippen LogP contribution in [0, 0.1) is 5.92 Å². The van der Waals surface area contributed by atoms with Crippen molar-refractivity contribution in [3.8, 4) is 0 Å². The van der Waals surface area contributed by atoms with Gasteiger partial charge in [-0.3, -0.25) is 4.79 Å². The Bertz CT molecular complexity index is 195. The normalized spacial score (nSPS) is 20.6. The van der Waals surface area contributed by atoms with Crippen LogP contribution >= 0.6 is 0 Å². The molecule has 16 heavy (non-hydrogen) atoms. The SMILES string of the molecule is CC(C)CCOCCC(=O)CC1CCCO1. The minimum absolute atomic E-state index is 0.183. The van der Waals surface area contributed by atoms with Gasteiger partial charge in [-0.15, -0.1) is 0 Å². The van der Waals surface area contributed by atoms with Gasteiger partial charge >= 0.3 is 0 Å². The zero-order valence-corrected chi connectivity index (χ0v) is 10.5. The fourth-order valence-corrected chi connectivity index (χ4v) is 1.77. The third-order valence-corrected chi connectivity index (χ3v) is 2.84. The molecule has 0 aromatic rings. The summed E-state index contributed by atoms with van der Waals surface area (Å²) in [6.07, 6.45) is 4.51. The Morgan fingerprint density at radius 3 is 2.88 bits per heavy atom. The average molecular weight is 228 g/mol. The molecule has 1 saturated heterocycles. The monoisotopic (exact) mass is 228 g/mol. The molecule has 0 spiro atoms. The Hall–Kier alpha value is -0.410. The van der Waals surface area contributed by atoms with Crippen molar-refractivity contribution >= 4 is 5.78 Å². The van der Waals surface area contributed by atoms with Gasteiger partial charge in [-0.25, -0.2) is 0 Å². The van der Waals surface area contributed by atoms with E-state index in [9.17, 15) is 4.79 Å². The zero-order chi connectivity index (χ0) is 11.8. The van der Waals surface area contributed by atoms with Crippen LogP contribution in [0.1, 0.15) is 46.0 Å². The van der Waals surface area contributed by atoms with Gasteiger partial charge in [-0.1, -0.05) is 13.8 Å². The third-order valence-electron chi connectivity index (χ3n) is 2.84. The molecule has 1 rings (SSSR count). The van der Waals surface area contributed by atoms with E-state index in [0.717, 1.165) is 32.5 Å².